The summed E-state index contributed by atoms with van der Waals surface area (Å²) in [6.45, 7) is 2.15. The second-order valence-electron chi connectivity index (χ2n) is 3.85. The number of ether oxygens (including phenoxy) is 1. The van der Waals surface area contributed by atoms with Gasteiger partial charge >= 0.3 is 0 Å². The predicted octanol–water partition coefficient (Wildman–Crippen LogP) is 2.70. The Hall–Kier alpha value is -1.77. The van der Waals surface area contributed by atoms with E-state index in [1.807, 2.05) is 35.1 Å². The highest BCUT2D eigenvalue weighted by Gasteiger charge is 2.09. The van der Waals surface area contributed by atoms with E-state index >= 15 is 0 Å². The fourth-order valence-electron chi connectivity index (χ4n) is 1.82. The second kappa shape index (κ2) is 4.84. The minimum absolute atomic E-state index is 0.339. The lowest BCUT2D eigenvalue weighted by molar-refractivity contribution is 0.402. The van der Waals surface area contributed by atoms with Crippen LogP contribution in [0.25, 0.3) is 0 Å². The van der Waals surface area contributed by atoms with Gasteiger partial charge in [-0.05, 0) is 31.0 Å². The molecule has 1 aromatic carbocycles. The van der Waals surface area contributed by atoms with Gasteiger partial charge < -0.3 is 4.74 Å². The average molecular weight is 216 g/mol. The maximum absolute atomic E-state index is 5.33. The van der Waals surface area contributed by atoms with E-state index in [9.17, 15) is 0 Å². The fourth-order valence-corrected chi connectivity index (χ4v) is 1.82. The molecular weight excluding hydrogens is 200 g/mol. The average Bonchev–Trinajstić information content (AvgIpc) is 2.83. The Morgan fingerprint density at radius 3 is 2.81 bits per heavy atom. The first-order chi connectivity index (χ1) is 7.81. The third-order valence-corrected chi connectivity index (χ3v) is 2.68. The van der Waals surface area contributed by atoms with Crippen molar-refractivity contribution < 1.29 is 4.74 Å². The van der Waals surface area contributed by atoms with Gasteiger partial charge in [0.1, 0.15) is 5.75 Å². The lowest BCUT2D eigenvalue weighted by Gasteiger charge is -2.14. The van der Waals surface area contributed by atoms with Crippen molar-refractivity contribution in [1.82, 2.24) is 9.78 Å². The molecular formula is C13H16N2O. The van der Waals surface area contributed by atoms with Gasteiger partial charge in [0.15, 0.2) is 0 Å². The molecule has 0 saturated carbocycles. The highest BCUT2D eigenvalue weighted by Crippen LogP contribution is 2.22. The van der Waals surface area contributed by atoms with Crippen LogP contribution in [0.5, 0.6) is 5.75 Å². The van der Waals surface area contributed by atoms with Crippen molar-refractivity contribution >= 4 is 0 Å². The van der Waals surface area contributed by atoms with Crippen molar-refractivity contribution in [3.8, 4) is 5.75 Å². The van der Waals surface area contributed by atoms with E-state index in [2.05, 4.69) is 18.1 Å². The summed E-state index contributed by atoms with van der Waals surface area (Å²) >= 11 is 0. The van der Waals surface area contributed by atoms with Gasteiger partial charge in [0.25, 0.3) is 0 Å². The fraction of sp³-hybridized carbons (Fsp3) is 0.308. The molecule has 0 N–H and O–H groups in total. The van der Waals surface area contributed by atoms with Crippen molar-refractivity contribution in [3.05, 3.63) is 48.3 Å². The number of aromatic nitrogens is 2. The van der Waals surface area contributed by atoms with Crippen LogP contribution in [0.3, 0.4) is 0 Å². The summed E-state index contributed by atoms with van der Waals surface area (Å²) in [5.41, 5.74) is 1.22. The van der Waals surface area contributed by atoms with E-state index < -0.39 is 0 Å². The molecule has 1 atom stereocenters. The molecule has 0 spiro atoms. The quantitative estimate of drug-likeness (QED) is 0.785. The first kappa shape index (κ1) is 10.7. The van der Waals surface area contributed by atoms with Gasteiger partial charge in [-0.25, -0.2) is 0 Å². The van der Waals surface area contributed by atoms with Crippen LogP contribution >= 0.6 is 0 Å². The van der Waals surface area contributed by atoms with E-state index in [0.29, 0.717) is 6.04 Å². The number of rotatable bonds is 4. The zero-order chi connectivity index (χ0) is 11.4. The summed E-state index contributed by atoms with van der Waals surface area (Å²) < 4.78 is 7.30. The van der Waals surface area contributed by atoms with Gasteiger partial charge in [0, 0.05) is 12.4 Å². The Morgan fingerprint density at radius 1 is 1.31 bits per heavy atom. The van der Waals surface area contributed by atoms with Crippen LogP contribution in [0.15, 0.2) is 42.7 Å². The number of para-hydroxylation sites is 1. The first-order valence-corrected chi connectivity index (χ1v) is 5.42. The normalized spacial score (nSPS) is 12.4. The molecule has 0 saturated heterocycles. The van der Waals surface area contributed by atoms with Gasteiger partial charge in [0.2, 0.25) is 0 Å². The Balaban J connectivity index is 2.14. The van der Waals surface area contributed by atoms with Gasteiger partial charge in [0.05, 0.1) is 13.2 Å². The van der Waals surface area contributed by atoms with Gasteiger partial charge in [-0.15, -0.1) is 0 Å². The summed E-state index contributed by atoms with van der Waals surface area (Å²) in [5.74, 6) is 0.946. The van der Waals surface area contributed by atoms with Gasteiger partial charge in [-0.1, -0.05) is 18.2 Å². The standard InChI is InChI=1S/C13H16N2O/c1-11(15-9-5-8-14-15)10-12-6-3-4-7-13(12)16-2/h3-9,11H,10H2,1-2H3. The molecule has 3 heteroatoms. The van der Waals surface area contributed by atoms with Gasteiger partial charge in [-0.3, -0.25) is 4.68 Å². The van der Waals surface area contributed by atoms with Crippen molar-refractivity contribution in [2.75, 3.05) is 7.11 Å². The molecule has 16 heavy (non-hydrogen) atoms. The molecule has 0 amide bonds. The molecule has 0 fully saturated rings. The van der Waals surface area contributed by atoms with E-state index in [4.69, 9.17) is 4.74 Å². The van der Waals surface area contributed by atoms with E-state index in [0.717, 1.165) is 12.2 Å². The Kier molecular flexibility index (Phi) is 3.25. The third-order valence-electron chi connectivity index (χ3n) is 2.68. The Labute approximate surface area is 95.7 Å². The molecule has 84 valence electrons. The molecule has 0 aliphatic carbocycles. The van der Waals surface area contributed by atoms with Crippen molar-refractivity contribution in [1.29, 1.82) is 0 Å². The molecule has 1 heterocycles. The van der Waals surface area contributed by atoms with Crippen molar-refractivity contribution in [3.63, 3.8) is 0 Å². The summed E-state index contributed by atoms with van der Waals surface area (Å²) in [6.07, 6.45) is 4.71. The SMILES string of the molecule is COc1ccccc1CC(C)n1cccn1. The number of methoxy groups -OCH3 is 1. The lowest BCUT2D eigenvalue weighted by Crippen LogP contribution is -2.09. The Bertz CT molecular complexity index is 437. The molecule has 0 bridgehead atoms. The molecule has 2 rings (SSSR count). The van der Waals surface area contributed by atoms with E-state index in [1.54, 1.807) is 13.3 Å². The Morgan fingerprint density at radius 2 is 2.12 bits per heavy atom. The zero-order valence-corrected chi connectivity index (χ0v) is 9.63. The van der Waals surface area contributed by atoms with Crippen molar-refractivity contribution in [2.24, 2.45) is 0 Å². The topological polar surface area (TPSA) is 27.1 Å². The molecule has 0 aliphatic rings. The second-order valence-corrected chi connectivity index (χ2v) is 3.85. The summed E-state index contributed by atoms with van der Waals surface area (Å²) in [7, 11) is 1.71. The maximum Gasteiger partial charge on any atom is 0.122 e. The summed E-state index contributed by atoms with van der Waals surface area (Å²) in [4.78, 5) is 0. The summed E-state index contributed by atoms with van der Waals surface area (Å²) in [5, 5.41) is 4.24. The third kappa shape index (κ3) is 2.24. The molecule has 2 aromatic rings. The van der Waals surface area contributed by atoms with Crippen LogP contribution in [0.2, 0.25) is 0 Å². The number of hydrogen-bond acceptors (Lipinski definition) is 2. The van der Waals surface area contributed by atoms with Crippen LogP contribution in [0, 0.1) is 0 Å². The minimum Gasteiger partial charge on any atom is -0.496 e. The zero-order valence-electron chi connectivity index (χ0n) is 9.63. The van der Waals surface area contributed by atoms with Crippen LogP contribution in [0.4, 0.5) is 0 Å². The number of benzene rings is 1. The monoisotopic (exact) mass is 216 g/mol. The number of hydrogen-bond donors (Lipinski definition) is 0. The lowest BCUT2D eigenvalue weighted by atomic mass is 10.1. The van der Waals surface area contributed by atoms with Crippen LogP contribution in [-0.4, -0.2) is 16.9 Å². The molecule has 1 unspecified atom stereocenters. The van der Waals surface area contributed by atoms with E-state index in [-0.39, 0.29) is 0 Å². The van der Waals surface area contributed by atoms with E-state index in [1.165, 1.54) is 5.56 Å². The minimum atomic E-state index is 0.339. The molecule has 0 radical (unpaired) electrons. The highest BCUT2D eigenvalue weighted by atomic mass is 16.5. The van der Waals surface area contributed by atoms with Crippen LogP contribution in [-0.2, 0) is 6.42 Å². The maximum atomic E-state index is 5.33. The predicted molar refractivity (Wildman–Crippen MR) is 63.6 cm³/mol. The van der Waals surface area contributed by atoms with Crippen molar-refractivity contribution in [2.45, 2.75) is 19.4 Å². The number of nitrogens with zero attached hydrogens (tertiary/aromatic N) is 2. The van der Waals surface area contributed by atoms with Crippen LogP contribution in [0.1, 0.15) is 18.5 Å². The largest absolute Gasteiger partial charge is 0.496 e. The molecule has 1 aromatic heterocycles. The van der Waals surface area contributed by atoms with Crippen LogP contribution < -0.4 is 4.74 Å². The molecule has 3 nitrogen and oxygen atoms in total. The first-order valence-electron chi connectivity index (χ1n) is 5.42. The molecule has 0 aliphatic heterocycles. The summed E-state index contributed by atoms with van der Waals surface area (Å²) in [6, 6.07) is 10.4. The highest BCUT2D eigenvalue weighted by molar-refractivity contribution is 5.33. The smallest absolute Gasteiger partial charge is 0.122 e. The van der Waals surface area contributed by atoms with Gasteiger partial charge in [-0.2, -0.15) is 5.10 Å².